The van der Waals surface area contributed by atoms with E-state index in [-0.39, 0.29) is 17.7 Å². The summed E-state index contributed by atoms with van der Waals surface area (Å²) in [6.07, 6.45) is 3.95. The molecule has 35 heavy (non-hydrogen) atoms. The van der Waals surface area contributed by atoms with Gasteiger partial charge in [-0.15, -0.1) is 0 Å². The first-order chi connectivity index (χ1) is 17.0. The summed E-state index contributed by atoms with van der Waals surface area (Å²) >= 11 is 0. The van der Waals surface area contributed by atoms with Gasteiger partial charge < -0.3 is 15.5 Å². The lowest BCUT2D eigenvalue weighted by Crippen LogP contribution is -2.52. The molecule has 1 saturated heterocycles. The van der Waals surface area contributed by atoms with Gasteiger partial charge in [0.15, 0.2) is 0 Å². The smallest absolute Gasteiger partial charge is 0.274 e. The Bertz CT molecular complexity index is 1200. The van der Waals surface area contributed by atoms with Crippen LogP contribution in [0.2, 0.25) is 0 Å². The number of nitrogens with one attached hydrogen (secondary N) is 2. The van der Waals surface area contributed by atoms with Gasteiger partial charge in [-0.2, -0.15) is 0 Å². The molecule has 3 aromatic rings. The van der Waals surface area contributed by atoms with Crippen molar-refractivity contribution in [2.24, 2.45) is 0 Å². The lowest BCUT2D eigenvalue weighted by Gasteiger charge is -2.40. The Balaban J connectivity index is 1.46. The van der Waals surface area contributed by atoms with E-state index in [1.807, 2.05) is 48.5 Å². The number of piperidine rings is 1. The molecule has 0 aliphatic carbocycles. The van der Waals surface area contributed by atoms with Crippen molar-refractivity contribution >= 4 is 23.4 Å². The van der Waals surface area contributed by atoms with Crippen LogP contribution in [0, 0.1) is 0 Å². The van der Waals surface area contributed by atoms with Crippen LogP contribution < -0.4 is 10.6 Å². The minimum Gasteiger partial charge on any atom is -0.351 e. The van der Waals surface area contributed by atoms with Gasteiger partial charge in [-0.25, -0.2) is 0 Å². The van der Waals surface area contributed by atoms with Crippen LogP contribution in [-0.2, 0) is 21.5 Å². The fourth-order valence-electron chi connectivity index (χ4n) is 4.44. The fourth-order valence-corrected chi connectivity index (χ4v) is 4.44. The number of hydrogen-bond acceptors (Lipinski definition) is 4. The molecule has 1 aromatic heterocycles. The summed E-state index contributed by atoms with van der Waals surface area (Å²) in [5.41, 5.74) is 2.04. The summed E-state index contributed by atoms with van der Waals surface area (Å²) in [5.74, 6) is -0.482. The minimum atomic E-state index is -0.718. The molecule has 178 valence electrons. The Morgan fingerprint density at radius 2 is 1.71 bits per heavy atom. The molecular weight excluding hydrogens is 440 g/mol. The number of hydrogen-bond donors (Lipinski definition) is 2. The van der Waals surface area contributed by atoms with Crippen LogP contribution in [0.25, 0.3) is 0 Å². The Hall–Kier alpha value is -4.26. The highest BCUT2D eigenvalue weighted by atomic mass is 16.2. The minimum absolute atomic E-state index is 0.0719. The second kappa shape index (κ2) is 10.8. The Labute approximate surface area is 204 Å². The van der Waals surface area contributed by atoms with Crippen LogP contribution in [0.5, 0.6) is 0 Å². The first-order valence-electron chi connectivity index (χ1n) is 11.6. The van der Waals surface area contributed by atoms with Crippen molar-refractivity contribution in [1.82, 2.24) is 15.2 Å². The van der Waals surface area contributed by atoms with E-state index in [9.17, 15) is 14.4 Å². The molecule has 3 amide bonds. The van der Waals surface area contributed by atoms with Gasteiger partial charge in [0.05, 0.1) is 5.41 Å². The van der Waals surface area contributed by atoms with Gasteiger partial charge >= 0.3 is 0 Å². The van der Waals surface area contributed by atoms with E-state index in [0.717, 1.165) is 11.1 Å². The van der Waals surface area contributed by atoms with E-state index in [1.165, 1.54) is 6.08 Å². The lowest BCUT2D eigenvalue weighted by molar-refractivity contribution is -0.134. The van der Waals surface area contributed by atoms with Crippen molar-refractivity contribution in [2.45, 2.75) is 24.8 Å². The number of nitrogens with zero attached hydrogens (tertiary/aromatic N) is 2. The molecule has 0 radical (unpaired) electrons. The van der Waals surface area contributed by atoms with Gasteiger partial charge in [0, 0.05) is 31.5 Å². The van der Waals surface area contributed by atoms with Crippen LogP contribution >= 0.6 is 0 Å². The maximum Gasteiger partial charge on any atom is 0.274 e. The van der Waals surface area contributed by atoms with Gasteiger partial charge in [0.25, 0.3) is 5.91 Å². The van der Waals surface area contributed by atoms with Crippen molar-refractivity contribution in [1.29, 1.82) is 0 Å². The zero-order valence-corrected chi connectivity index (χ0v) is 19.4. The molecule has 0 bridgehead atoms. The highest BCUT2D eigenvalue weighted by Gasteiger charge is 2.43. The molecule has 4 rings (SSSR count). The van der Waals surface area contributed by atoms with E-state index in [2.05, 4.69) is 22.2 Å². The topological polar surface area (TPSA) is 91.4 Å². The third-order valence-corrected chi connectivity index (χ3v) is 6.40. The lowest BCUT2D eigenvalue weighted by atomic mass is 9.72. The highest BCUT2D eigenvalue weighted by Crippen LogP contribution is 2.36. The highest BCUT2D eigenvalue weighted by molar-refractivity contribution is 6.02. The predicted octanol–water partition coefficient (Wildman–Crippen LogP) is 3.70. The van der Waals surface area contributed by atoms with Crippen LogP contribution in [0.1, 0.15) is 34.5 Å². The van der Waals surface area contributed by atoms with Crippen LogP contribution in [0.4, 0.5) is 5.69 Å². The number of carbonyl (C=O) groups is 3. The molecule has 0 spiro atoms. The van der Waals surface area contributed by atoms with Gasteiger partial charge in [-0.05, 0) is 54.3 Å². The average molecular weight is 469 g/mol. The van der Waals surface area contributed by atoms with Crippen molar-refractivity contribution in [3.05, 3.63) is 108 Å². The molecule has 2 aromatic carbocycles. The zero-order valence-electron chi connectivity index (χ0n) is 19.4. The maximum atomic E-state index is 13.6. The molecule has 0 saturated carbocycles. The number of anilines is 1. The number of amides is 3. The molecule has 7 heteroatoms. The van der Waals surface area contributed by atoms with E-state index in [1.54, 1.807) is 35.4 Å². The van der Waals surface area contributed by atoms with E-state index in [4.69, 9.17) is 0 Å². The van der Waals surface area contributed by atoms with Crippen molar-refractivity contribution in [3.63, 3.8) is 0 Å². The summed E-state index contributed by atoms with van der Waals surface area (Å²) in [4.78, 5) is 43.9. The Morgan fingerprint density at radius 3 is 2.40 bits per heavy atom. The van der Waals surface area contributed by atoms with Crippen LogP contribution in [0.15, 0.2) is 91.6 Å². The van der Waals surface area contributed by atoms with Crippen LogP contribution in [-0.4, -0.2) is 40.7 Å². The number of rotatable bonds is 7. The number of likely N-dealkylation sites (tertiary alicyclic amines) is 1. The fraction of sp³-hybridized carbons (Fsp3) is 0.214. The molecule has 2 N–H and O–H groups in total. The summed E-state index contributed by atoms with van der Waals surface area (Å²) < 4.78 is 0. The monoisotopic (exact) mass is 468 g/mol. The van der Waals surface area contributed by atoms with Gasteiger partial charge in [0.1, 0.15) is 5.69 Å². The summed E-state index contributed by atoms with van der Waals surface area (Å²) in [6, 6.07) is 22.3. The average Bonchev–Trinajstić information content (AvgIpc) is 2.92. The molecule has 1 fully saturated rings. The Kier molecular flexibility index (Phi) is 7.35. The number of benzene rings is 2. The zero-order chi connectivity index (χ0) is 24.7. The first kappa shape index (κ1) is 23.9. The first-order valence-corrected chi connectivity index (χ1v) is 11.6. The standard InChI is InChI=1S/C28H28N4O3/c1-2-25(33)32-17-14-28(15-18-32,22-10-4-3-5-11-22)27(35)30-20-21-9-8-12-23(19-21)31-26(34)24-13-6-7-16-29-24/h2-13,16,19H,1,14-15,17-18,20H2,(H,30,35)(H,31,34). The van der Waals surface area contributed by atoms with E-state index < -0.39 is 5.41 Å². The van der Waals surface area contributed by atoms with E-state index in [0.29, 0.717) is 43.9 Å². The van der Waals surface area contributed by atoms with Gasteiger partial charge in [-0.3, -0.25) is 19.4 Å². The molecule has 0 unspecified atom stereocenters. The Morgan fingerprint density at radius 1 is 0.971 bits per heavy atom. The van der Waals surface area contributed by atoms with Gasteiger partial charge in [0.2, 0.25) is 11.8 Å². The molecule has 7 nitrogen and oxygen atoms in total. The third kappa shape index (κ3) is 5.46. The van der Waals surface area contributed by atoms with Crippen molar-refractivity contribution in [3.8, 4) is 0 Å². The summed E-state index contributed by atoms with van der Waals surface area (Å²) in [6.45, 7) is 4.86. The maximum absolute atomic E-state index is 13.6. The second-order valence-electron chi connectivity index (χ2n) is 8.53. The quantitative estimate of drug-likeness (QED) is 0.518. The SMILES string of the molecule is C=CC(=O)N1CCC(C(=O)NCc2cccc(NC(=O)c3ccccn3)c2)(c2ccccc2)CC1. The molecule has 0 atom stereocenters. The summed E-state index contributed by atoms with van der Waals surface area (Å²) in [5, 5.41) is 5.93. The van der Waals surface area contributed by atoms with E-state index >= 15 is 0 Å². The molecule has 2 heterocycles. The van der Waals surface area contributed by atoms with Crippen molar-refractivity contribution in [2.75, 3.05) is 18.4 Å². The summed E-state index contributed by atoms with van der Waals surface area (Å²) in [7, 11) is 0. The normalized spacial score (nSPS) is 14.6. The van der Waals surface area contributed by atoms with Gasteiger partial charge in [-0.1, -0.05) is 55.1 Å². The number of carbonyl (C=O) groups excluding carboxylic acids is 3. The van der Waals surface area contributed by atoms with Crippen molar-refractivity contribution < 1.29 is 14.4 Å². The second-order valence-corrected chi connectivity index (χ2v) is 8.53. The third-order valence-electron chi connectivity index (χ3n) is 6.40. The number of aromatic nitrogens is 1. The largest absolute Gasteiger partial charge is 0.351 e. The molecule has 1 aliphatic heterocycles. The van der Waals surface area contributed by atoms with Crippen LogP contribution in [0.3, 0.4) is 0 Å². The predicted molar refractivity (Wildman–Crippen MR) is 135 cm³/mol. The molecule has 1 aliphatic rings. The number of pyridine rings is 1. The molecular formula is C28H28N4O3.